The topological polar surface area (TPSA) is 172 Å². The maximum Gasteiger partial charge on any atom is 0.410 e. The van der Waals surface area contributed by atoms with Crippen LogP contribution in [0.3, 0.4) is 0 Å². The zero-order chi connectivity index (χ0) is 42.7. The Hall–Kier alpha value is -3.76. The van der Waals surface area contributed by atoms with Gasteiger partial charge in [0.1, 0.15) is 23.9 Å². The van der Waals surface area contributed by atoms with Gasteiger partial charge in [-0.15, -0.1) is 0 Å². The van der Waals surface area contributed by atoms with E-state index in [-0.39, 0.29) is 30.8 Å². The third-order valence-corrected chi connectivity index (χ3v) is 12.8. The molecule has 15 heteroatoms. The molecule has 3 aliphatic rings. The largest absolute Gasteiger partial charge is 0.458 e. The Morgan fingerprint density at radius 1 is 1.02 bits per heavy atom. The van der Waals surface area contributed by atoms with Crippen molar-refractivity contribution in [1.29, 1.82) is 0 Å². The quantitative estimate of drug-likeness (QED) is 0.184. The minimum atomic E-state index is -1.40. The van der Waals surface area contributed by atoms with Crippen molar-refractivity contribution in [2.45, 2.75) is 148 Å². The smallest absolute Gasteiger partial charge is 0.410 e. The van der Waals surface area contributed by atoms with Crippen LogP contribution in [-0.2, 0) is 44.6 Å². The van der Waals surface area contributed by atoms with Crippen LogP contribution in [0.1, 0.15) is 87.5 Å². The fourth-order valence-corrected chi connectivity index (χ4v) is 9.43. The van der Waals surface area contributed by atoms with E-state index in [4.69, 9.17) is 23.7 Å². The number of likely N-dealkylation sites (N-methyl/N-ethyl adjacent to an activating group) is 1. The SMILES string of the molecule is CC[C@@H]1OC(=O)[C@H](C)C(=O)[C@H](C)[C@@H](O[C@@H]2O[C@H](C)C[C@H](N(C)C)[C@H]2O)[C@](C)(OC)C[C@@H](C)C(=O)[C@@H](C)[C@H]2N(CCCCn3cnc(-c4cccnc4)c3)C(=O)O[C@]12C. The van der Waals surface area contributed by atoms with Crippen LogP contribution in [0.5, 0.6) is 0 Å². The van der Waals surface area contributed by atoms with Gasteiger partial charge in [-0.25, -0.2) is 9.78 Å². The molecule has 1 N–H and O–H groups in total. The highest BCUT2D eigenvalue weighted by molar-refractivity contribution is 6.00. The van der Waals surface area contributed by atoms with Crippen LogP contribution >= 0.6 is 0 Å². The molecule has 3 saturated heterocycles. The number of ketones is 2. The molecule has 2 aromatic rings. The lowest BCUT2D eigenvalue weighted by Crippen LogP contribution is -2.60. The number of hydrogen-bond acceptors (Lipinski definition) is 13. The van der Waals surface area contributed by atoms with Crippen LogP contribution < -0.4 is 0 Å². The number of esters is 1. The Labute approximate surface area is 343 Å². The first kappa shape index (κ1) is 45.3. The molecule has 2 aromatic heterocycles. The Morgan fingerprint density at radius 2 is 1.72 bits per heavy atom. The van der Waals surface area contributed by atoms with Crippen LogP contribution in [0.25, 0.3) is 11.3 Å². The number of aryl methyl sites for hydroxylation is 1. The number of hydrogen-bond donors (Lipinski definition) is 1. The van der Waals surface area contributed by atoms with Gasteiger partial charge in [-0.3, -0.25) is 19.4 Å². The van der Waals surface area contributed by atoms with Crippen LogP contribution in [0, 0.1) is 23.7 Å². The lowest BCUT2D eigenvalue weighted by molar-refractivity contribution is -0.295. The number of carbonyl (C=O) groups excluding carboxylic acids is 4. The molecule has 0 bridgehead atoms. The van der Waals surface area contributed by atoms with E-state index in [1.54, 1.807) is 51.3 Å². The Balaban J connectivity index is 1.43. The van der Waals surface area contributed by atoms with E-state index in [1.165, 1.54) is 14.0 Å². The van der Waals surface area contributed by atoms with Gasteiger partial charge >= 0.3 is 12.1 Å². The normalized spacial score (nSPS) is 36.7. The highest BCUT2D eigenvalue weighted by Gasteiger charge is 2.60. The number of nitrogens with zero attached hydrogens (tertiary/aromatic N) is 5. The maximum absolute atomic E-state index is 14.7. The van der Waals surface area contributed by atoms with E-state index in [1.807, 2.05) is 62.7 Å². The van der Waals surface area contributed by atoms with Crippen molar-refractivity contribution < 1.29 is 48.0 Å². The molecule has 1 amide bonds. The number of methoxy groups -OCH3 is 1. The van der Waals surface area contributed by atoms with Crippen molar-refractivity contribution in [2.75, 3.05) is 27.7 Å². The lowest BCUT2D eigenvalue weighted by atomic mass is 9.73. The number of fused-ring (bicyclic) bond motifs is 1. The van der Waals surface area contributed by atoms with E-state index in [2.05, 4.69) is 9.97 Å². The number of aromatic nitrogens is 3. The van der Waals surface area contributed by atoms with Crippen LogP contribution in [0.2, 0.25) is 0 Å². The molecule has 0 unspecified atom stereocenters. The van der Waals surface area contributed by atoms with Crippen molar-refractivity contribution in [2.24, 2.45) is 23.7 Å². The van der Waals surface area contributed by atoms with Gasteiger partial charge < -0.3 is 43.2 Å². The molecule has 5 heterocycles. The first-order valence-electron chi connectivity index (χ1n) is 20.8. The summed E-state index contributed by atoms with van der Waals surface area (Å²) in [5.41, 5.74) is -0.938. The van der Waals surface area contributed by atoms with Gasteiger partial charge in [0.25, 0.3) is 0 Å². The molecule has 0 radical (unpaired) electrons. The van der Waals surface area contributed by atoms with Crippen molar-refractivity contribution in [3.05, 3.63) is 37.1 Å². The van der Waals surface area contributed by atoms with E-state index in [9.17, 15) is 24.3 Å². The van der Waals surface area contributed by atoms with Crippen LogP contribution in [0.15, 0.2) is 37.1 Å². The summed E-state index contributed by atoms with van der Waals surface area (Å²) in [6.07, 6.45) is 4.45. The number of Topliss-reactive ketones (excluding diaryl/α,β-unsaturated/α-hetero) is 2. The molecular weight excluding hydrogens is 746 g/mol. The number of aliphatic hydroxyl groups excluding tert-OH is 1. The predicted octanol–water partition coefficient (Wildman–Crippen LogP) is 4.93. The first-order valence-corrected chi connectivity index (χ1v) is 20.8. The number of unbranched alkanes of at least 4 members (excludes halogenated alkanes) is 1. The zero-order valence-electron chi connectivity index (χ0n) is 36.1. The molecular formula is C43H65N5O10. The molecule has 3 fully saturated rings. The van der Waals surface area contributed by atoms with Crippen molar-refractivity contribution >= 4 is 23.6 Å². The van der Waals surface area contributed by atoms with Crippen LogP contribution in [0.4, 0.5) is 4.79 Å². The number of amides is 1. The van der Waals surface area contributed by atoms with Crippen molar-refractivity contribution in [1.82, 2.24) is 24.3 Å². The molecule has 0 saturated carbocycles. The summed E-state index contributed by atoms with van der Waals surface area (Å²) in [5, 5.41) is 11.4. The zero-order valence-corrected chi connectivity index (χ0v) is 36.1. The van der Waals surface area contributed by atoms with E-state index >= 15 is 0 Å². The molecule has 0 aromatic carbocycles. The highest BCUT2D eigenvalue weighted by atomic mass is 16.7. The van der Waals surface area contributed by atoms with Gasteiger partial charge in [0.05, 0.1) is 35.9 Å². The third-order valence-electron chi connectivity index (χ3n) is 12.8. The van der Waals surface area contributed by atoms with E-state index in [0.29, 0.717) is 32.4 Å². The Kier molecular flexibility index (Phi) is 14.6. The molecule has 3 aliphatic heterocycles. The summed E-state index contributed by atoms with van der Waals surface area (Å²) in [6.45, 7) is 14.9. The number of ether oxygens (including phenoxy) is 5. The summed E-state index contributed by atoms with van der Waals surface area (Å²) in [7, 11) is 5.24. The first-order chi connectivity index (χ1) is 27.4. The summed E-state index contributed by atoms with van der Waals surface area (Å²) in [5.74, 6) is -4.95. The van der Waals surface area contributed by atoms with Gasteiger partial charge in [-0.2, -0.15) is 0 Å². The summed E-state index contributed by atoms with van der Waals surface area (Å²) in [6, 6.07) is 2.74. The van der Waals surface area contributed by atoms with Gasteiger partial charge in [-0.1, -0.05) is 27.7 Å². The number of imidazole rings is 1. The summed E-state index contributed by atoms with van der Waals surface area (Å²) in [4.78, 5) is 69.0. The minimum absolute atomic E-state index is 0.130. The van der Waals surface area contributed by atoms with Gasteiger partial charge in [-0.05, 0) is 86.0 Å². The Morgan fingerprint density at radius 3 is 2.36 bits per heavy atom. The molecule has 322 valence electrons. The second-order valence-corrected chi connectivity index (χ2v) is 17.3. The highest BCUT2D eigenvalue weighted by Crippen LogP contribution is 2.43. The number of cyclic esters (lactones) is 1. The standard InChI is InChI=1S/C43H65N5O10/c1-12-33-43(8)37(48(41(53)58-43)19-14-13-18-47-23-31(45-24-47)30-16-15-17-44-22-30)27(4)34(49)25(2)21-42(7,54-11)38(28(5)35(50)29(6)39(52)56-33)57-40-36(51)32(46(9)10)20-26(3)55-40/h15-17,22-29,32-33,36-38,40,51H,12-14,18-21H2,1-11H3/t25-,26-,27-,28+,29-,32+,33+,36-,37-,38-,40+,42-,43-/m1/s1. The molecule has 58 heavy (non-hydrogen) atoms. The summed E-state index contributed by atoms with van der Waals surface area (Å²) >= 11 is 0. The number of rotatable bonds is 11. The molecule has 13 atom stereocenters. The monoisotopic (exact) mass is 811 g/mol. The van der Waals surface area contributed by atoms with Crippen molar-refractivity contribution in [3.63, 3.8) is 0 Å². The van der Waals surface area contributed by atoms with Gasteiger partial charge in [0.2, 0.25) is 0 Å². The minimum Gasteiger partial charge on any atom is -0.458 e. The van der Waals surface area contributed by atoms with Crippen molar-refractivity contribution in [3.8, 4) is 11.3 Å². The molecule has 5 rings (SSSR count). The maximum atomic E-state index is 14.7. The second-order valence-electron chi connectivity index (χ2n) is 17.3. The average Bonchev–Trinajstić information content (AvgIpc) is 3.78. The lowest BCUT2D eigenvalue weighted by Gasteiger charge is -2.47. The Bertz CT molecular complexity index is 1740. The molecule has 0 spiro atoms. The summed E-state index contributed by atoms with van der Waals surface area (Å²) < 4.78 is 33.2. The molecule has 0 aliphatic carbocycles. The fraction of sp³-hybridized carbons (Fsp3) is 0.721. The predicted molar refractivity (Wildman–Crippen MR) is 214 cm³/mol. The van der Waals surface area contributed by atoms with E-state index < -0.39 is 83.4 Å². The third kappa shape index (κ3) is 9.33. The fourth-order valence-electron chi connectivity index (χ4n) is 9.43. The van der Waals surface area contributed by atoms with Gasteiger partial charge in [0, 0.05) is 68.1 Å². The number of pyridine rings is 1. The number of carbonyl (C=O) groups is 4. The molecule has 15 nitrogen and oxygen atoms in total. The van der Waals surface area contributed by atoms with Gasteiger partial charge in [0.15, 0.2) is 17.7 Å². The number of aliphatic hydroxyl groups is 1. The van der Waals surface area contributed by atoms with Crippen LogP contribution in [-0.4, -0.2) is 135 Å². The second kappa shape index (κ2) is 18.7. The van der Waals surface area contributed by atoms with E-state index in [0.717, 1.165) is 11.3 Å². The average molecular weight is 812 g/mol.